The van der Waals surface area contributed by atoms with Crippen molar-refractivity contribution in [1.82, 2.24) is 9.97 Å². The van der Waals surface area contributed by atoms with Crippen molar-refractivity contribution in [2.24, 2.45) is 0 Å². The van der Waals surface area contributed by atoms with E-state index in [1.54, 1.807) is 30.6 Å². The van der Waals surface area contributed by atoms with Gasteiger partial charge in [-0.15, -0.1) is 0 Å². The van der Waals surface area contributed by atoms with E-state index in [0.717, 1.165) is 5.69 Å². The van der Waals surface area contributed by atoms with E-state index in [2.05, 4.69) is 21.4 Å². The molecule has 0 fully saturated rings. The molecule has 1 N–H and O–H groups in total. The van der Waals surface area contributed by atoms with Gasteiger partial charge in [0.25, 0.3) is 0 Å². The molecule has 0 aromatic carbocycles. The normalized spacial score (nSPS) is 9.56. The summed E-state index contributed by atoms with van der Waals surface area (Å²) in [5.41, 5.74) is 1.25. The number of nitrogens with one attached hydrogen (secondary N) is 1. The van der Waals surface area contributed by atoms with Gasteiger partial charge in [0.15, 0.2) is 0 Å². The van der Waals surface area contributed by atoms with E-state index in [1.807, 2.05) is 13.0 Å². The molecule has 2 aromatic rings. The third-order valence-corrected chi connectivity index (χ3v) is 2.22. The second-order valence-corrected chi connectivity index (χ2v) is 3.45. The first-order chi connectivity index (χ1) is 8.83. The monoisotopic (exact) mass is 240 g/mol. The van der Waals surface area contributed by atoms with Crippen molar-refractivity contribution >= 4 is 11.5 Å². The van der Waals surface area contributed by atoms with Crippen LogP contribution in [0, 0.1) is 11.3 Å². The molecule has 2 aromatic heterocycles. The van der Waals surface area contributed by atoms with Gasteiger partial charge in [-0.1, -0.05) is 0 Å². The Hall–Kier alpha value is -2.61. The van der Waals surface area contributed by atoms with Crippen LogP contribution in [-0.2, 0) is 0 Å². The maximum Gasteiger partial charge on any atom is 0.213 e. The summed E-state index contributed by atoms with van der Waals surface area (Å²) in [5, 5.41) is 12.0. The topological polar surface area (TPSA) is 70.8 Å². The molecular formula is C13H12N4O. The smallest absolute Gasteiger partial charge is 0.213 e. The zero-order valence-electron chi connectivity index (χ0n) is 9.92. The van der Waals surface area contributed by atoms with Gasteiger partial charge in [-0.2, -0.15) is 5.26 Å². The summed E-state index contributed by atoms with van der Waals surface area (Å²) >= 11 is 0. The molecule has 0 atom stereocenters. The van der Waals surface area contributed by atoms with E-state index in [-0.39, 0.29) is 0 Å². The quantitative estimate of drug-likeness (QED) is 0.889. The summed E-state index contributed by atoms with van der Waals surface area (Å²) in [4.78, 5) is 8.24. The Morgan fingerprint density at radius 2 is 2.22 bits per heavy atom. The van der Waals surface area contributed by atoms with Crippen molar-refractivity contribution in [2.75, 3.05) is 11.9 Å². The molecule has 2 rings (SSSR count). The first kappa shape index (κ1) is 11.9. The first-order valence-electron chi connectivity index (χ1n) is 5.54. The van der Waals surface area contributed by atoms with Crippen molar-refractivity contribution in [3.63, 3.8) is 0 Å². The molecule has 0 aliphatic heterocycles. The van der Waals surface area contributed by atoms with E-state index < -0.39 is 0 Å². The average molecular weight is 240 g/mol. The Bertz CT molecular complexity index is 560. The van der Waals surface area contributed by atoms with Gasteiger partial charge in [0, 0.05) is 12.3 Å². The fraction of sp³-hybridized carbons (Fsp3) is 0.154. The van der Waals surface area contributed by atoms with Gasteiger partial charge in [0.05, 0.1) is 24.1 Å². The van der Waals surface area contributed by atoms with Crippen molar-refractivity contribution in [1.29, 1.82) is 5.26 Å². The van der Waals surface area contributed by atoms with Gasteiger partial charge in [-0.3, -0.25) is 0 Å². The molecule has 0 aliphatic rings. The molecule has 0 saturated heterocycles. The SMILES string of the molecule is CCOc1ccc(Nc2ncccc2C#N)cn1. The van der Waals surface area contributed by atoms with E-state index in [1.165, 1.54) is 0 Å². The summed E-state index contributed by atoms with van der Waals surface area (Å²) in [6.07, 6.45) is 3.27. The first-order valence-corrected chi connectivity index (χ1v) is 5.54. The third kappa shape index (κ3) is 2.74. The minimum atomic E-state index is 0.492. The fourth-order valence-electron chi connectivity index (χ4n) is 1.42. The van der Waals surface area contributed by atoms with Crippen LogP contribution in [0.15, 0.2) is 36.7 Å². The van der Waals surface area contributed by atoms with E-state index in [4.69, 9.17) is 10.00 Å². The fourth-order valence-corrected chi connectivity index (χ4v) is 1.42. The molecule has 18 heavy (non-hydrogen) atoms. The van der Waals surface area contributed by atoms with Crippen LogP contribution in [0.1, 0.15) is 12.5 Å². The van der Waals surface area contributed by atoms with Crippen LogP contribution in [-0.4, -0.2) is 16.6 Å². The third-order valence-electron chi connectivity index (χ3n) is 2.22. The molecule has 2 heterocycles. The maximum atomic E-state index is 8.94. The van der Waals surface area contributed by atoms with Crippen molar-refractivity contribution in [3.8, 4) is 11.9 Å². The molecule has 5 nitrogen and oxygen atoms in total. The minimum Gasteiger partial charge on any atom is -0.478 e. The molecule has 90 valence electrons. The average Bonchev–Trinajstić information content (AvgIpc) is 2.42. The summed E-state index contributed by atoms with van der Waals surface area (Å²) in [5.74, 6) is 1.09. The standard InChI is InChI=1S/C13H12N4O/c1-2-18-12-6-5-11(9-16-12)17-13-10(8-14)4-3-7-15-13/h3-7,9H,2H2,1H3,(H,15,17). The molecule has 5 heteroatoms. The van der Waals surface area contributed by atoms with Gasteiger partial charge in [0.1, 0.15) is 11.9 Å². The Morgan fingerprint density at radius 3 is 2.89 bits per heavy atom. The highest BCUT2D eigenvalue weighted by atomic mass is 16.5. The summed E-state index contributed by atoms with van der Waals surface area (Å²) in [6.45, 7) is 2.49. The van der Waals surface area contributed by atoms with Crippen LogP contribution in [0.3, 0.4) is 0 Å². The van der Waals surface area contributed by atoms with Crippen LogP contribution in [0.5, 0.6) is 5.88 Å². The minimum absolute atomic E-state index is 0.492. The maximum absolute atomic E-state index is 8.94. The number of ether oxygens (including phenoxy) is 1. The van der Waals surface area contributed by atoms with Crippen molar-refractivity contribution in [2.45, 2.75) is 6.92 Å². The van der Waals surface area contributed by atoms with E-state index in [9.17, 15) is 0 Å². The molecule has 0 aliphatic carbocycles. The van der Waals surface area contributed by atoms with Crippen LogP contribution in [0.25, 0.3) is 0 Å². The second kappa shape index (κ2) is 5.64. The number of hydrogen-bond acceptors (Lipinski definition) is 5. The van der Waals surface area contributed by atoms with Gasteiger partial charge in [-0.05, 0) is 25.1 Å². The van der Waals surface area contributed by atoms with Gasteiger partial charge in [-0.25, -0.2) is 9.97 Å². The lowest BCUT2D eigenvalue weighted by molar-refractivity contribution is 0.327. The van der Waals surface area contributed by atoms with Gasteiger partial charge >= 0.3 is 0 Å². The number of aromatic nitrogens is 2. The van der Waals surface area contributed by atoms with Gasteiger partial charge in [0.2, 0.25) is 5.88 Å². The number of pyridine rings is 2. The molecule has 0 unspecified atom stereocenters. The summed E-state index contributed by atoms with van der Waals surface area (Å²) in [6, 6.07) is 9.10. The second-order valence-electron chi connectivity index (χ2n) is 3.45. The van der Waals surface area contributed by atoms with Crippen molar-refractivity contribution in [3.05, 3.63) is 42.2 Å². The number of nitriles is 1. The number of anilines is 2. The Kier molecular flexibility index (Phi) is 3.72. The molecule has 0 radical (unpaired) electrons. The predicted octanol–water partition coefficient (Wildman–Crippen LogP) is 2.49. The Balaban J connectivity index is 2.16. The zero-order chi connectivity index (χ0) is 12.8. The lowest BCUT2D eigenvalue weighted by Gasteiger charge is -2.07. The van der Waals surface area contributed by atoms with Crippen LogP contribution in [0.2, 0.25) is 0 Å². The zero-order valence-corrected chi connectivity index (χ0v) is 9.92. The highest BCUT2D eigenvalue weighted by Crippen LogP contribution is 2.18. The highest BCUT2D eigenvalue weighted by Gasteiger charge is 2.03. The molecule has 0 spiro atoms. The lowest BCUT2D eigenvalue weighted by atomic mass is 10.3. The predicted molar refractivity (Wildman–Crippen MR) is 67.6 cm³/mol. The molecule has 0 bridgehead atoms. The van der Waals surface area contributed by atoms with Gasteiger partial charge < -0.3 is 10.1 Å². The van der Waals surface area contributed by atoms with Crippen molar-refractivity contribution < 1.29 is 4.74 Å². The molecule has 0 saturated carbocycles. The lowest BCUT2D eigenvalue weighted by Crippen LogP contribution is -1.98. The number of hydrogen-bond donors (Lipinski definition) is 1. The van der Waals surface area contributed by atoms with E-state index in [0.29, 0.717) is 23.9 Å². The number of nitrogens with zero attached hydrogens (tertiary/aromatic N) is 3. The number of rotatable bonds is 4. The van der Waals surface area contributed by atoms with E-state index >= 15 is 0 Å². The largest absolute Gasteiger partial charge is 0.478 e. The summed E-state index contributed by atoms with van der Waals surface area (Å²) < 4.78 is 5.25. The van der Waals surface area contributed by atoms with Crippen LogP contribution < -0.4 is 10.1 Å². The van der Waals surface area contributed by atoms with Crippen LogP contribution in [0.4, 0.5) is 11.5 Å². The highest BCUT2D eigenvalue weighted by molar-refractivity contribution is 5.61. The molecular weight excluding hydrogens is 228 g/mol. The van der Waals surface area contributed by atoms with Crippen LogP contribution >= 0.6 is 0 Å². The molecule has 0 amide bonds. The summed E-state index contributed by atoms with van der Waals surface area (Å²) in [7, 11) is 0. The Morgan fingerprint density at radius 1 is 1.33 bits per heavy atom. The Labute approximate surface area is 105 Å².